The lowest BCUT2D eigenvalue weighted by Gasteiger charge is -2.28. The Morgan fingerprint density at radius 2 is 2.13 bits per heavy atom. The van der Waals surface area contributed by atoms with E-state index in [0.717, 1.165) is 19.1 Å². The lowest BCUT2D eigenvalue weighted by molar-refractivity contribution is 0.117. The first-order valence-electron chi connectivity index (χ1n) is 6.12. The van der Waals surface area contributed by atoms with Crippen molar-refractivity contribution in [3.8, 4) is 0 Å². The van der Waals surface area contributed by atoms with Gasteiger partial charge in [0.1, 0.15) is 0 Å². The summed E-state index contributed by atoms with van der Waals surface area (Å²) in [4.78, 5) is 2.51. The van der Waals surface area contributed by atoms with Crippen molar-refractivity contribution in [1.82, 2.24) is 4.90 Å². The van der Waals surface area contributed by atoms with E-state index >= 15 is 0 Å². The van der Waals surface area contributed by atoms with Crippen LogP contribution in [-0.2, 0) is 4.74 Å². The van der Waals surface area contributed by atoms with Crippen LogP contribution < -0.4 is 5.73 Å². The highest BCUT2D eigenvalue weighted by Gasteiger charge is 2.24. The van der Waals surface area contributed by atoms with E-state index < -0.39 is 0 Å². The summed E-state index contributed by atoms with van der Waals surface area (Å²) in [6.07, 6.45) is 3.72. The van der Waals surface area contributed by atoms with E-state index in [1.165, 1.54) is 25.8 Å². The number of ether oxygens (including phenoxy) is 1. The summed E-state index contributed by atoms with van der Waals surface area (Å²) < 4.78 is 5.14. The van der Waals surface area contributed by atoms with Crippen LogP contribution in [0.5, 0.6) is 0 Å². The van der Waals surface area contributed by atoms with Crippen molar-refractivity contribution in [3.05, 3.63) is 0 Å². The van der Waals surface area contributed by atoms with Crippen molar-refractivity contribution in [2.45, 2.75) is 45.2 Å². The minimum Gasteiger partial charge on any atom is -0.383 e. The molecule has 0 aromatic heterocycles. The summed E-state index contributed by atoms with van der Waals surface area (Å²) in [5, 5.41) is 0. The van der Waals surface area contributed by atoms with Gasteiger partial charge in [-0.05, 0) is 39.0 Å². The van der Waals surface area contributed by atoms with E-state index in [-0.39, 0.29) is 0 Å². The van der Waals surface area contributed by atoms with E-state index in [0.29, 0.717) is 12.1 Å². The van der Waals surface area contributed by atoms with Crippen LogP contribution in [0.15, 0.2) is 0 Å². The topological polar surface area (TPSA) is 38.5 Å². The Hall–Kier alpha value is -0.120. The Balaban J connectivity index is 2.30. The molecule has 2 N–H and O–H groups in total. The highest BCUT2D eigenvalue weighted by Crippen LogP contribution is 2.25. The van der Waals surface area contributed by atoms with Gasteiger partial charge < -0.3 is 10.5 Å². The maximum absolute atomic E-state index is 5.93. The van der Waals surface area contributed by atoms with Crippen molar-refractivity contribution in [3.63, 3.8) is 0 Å². The maximum atomic E-state index is 5.93. The molecule has 90 valence electrons. The van der Waals surface area contributed by atoms with E-state index in [1.807, 2.05) is 0 Å². The molecule has 3 nitrogen and oxygen atoms in total. The second kappa shape index (κ2) is 6.46. The Kier molecular flexibility index (Phi) is 5.58. The molecule has 0 heterocycles. The SMILES string of the molecule is COCCN(CC1CCC(N)C1)C(C)C. The molecule has 15 heavy (non-hydrogen) atoms. The molecule has 2 unspecified atom stereocenters. The summed E-state index contributed by atoms with van der Waals surface area (Å²) >= 11 is 0. The summed E-state index contributed by atoms with van der Waals surface area (Å²) in [5.74, 6) is 0.805. The largest absolute Gasteiger partial charge is 0.383 e. The average molecular weight is 214 g/mol. The monoisotopic (exact) mass is 214 g/mol. The molecule has 0 aliphatic heterocycles. The van der Waals surface area contributed by atoms with Gasteiger partial charge in [0.05, 0.1) is 6.61 Å². The van der Waals surface area contributed by atoms with Crippen LogP contribution in [0.1, 0.15) is 33.1 Å². The fourth-order valence-electron chi connectivity index (χ4n) is 2.38. The van der Waals surface area contributed by atoms with Gasteiger partial charge in [0.15, 0.2) is 0 Å². The van der Waals surface area contributed by atoms with Gasteiger partial charge in [0.25, 0.3) is 0 Å². The molecule has 1 fully saturated rings. The summed E-state index contributed by atoms with van der Waals surface area (Å²) in [6.45, 7) is 7.57. The van der Waals surface area contributed by atoms with Crippen molar-refractivity contribution in [1.29, 1.82) is 0 Å². The van der Waals surface area contributed by atoms with E-state index in [9.17, 15) is 0 Å². The quantitative estimate of drug-likeness (QED) is 0.727. The van der Waals surface area contributed by atoms with Crippen molar-refractivity contribution >= 4 is 0 Å². The third-order valence-electron chi connectivity index (χ3n) is 3.39. The zero-order valence-electron chi connectivity index (χ0n) is 10.4. The Bertz CT molecular complexity index is 173. The standard InChI is InChI=1S/C12H26N2O/c1-10(2)14(6-7-15-3)9-11-4-5-12(13)8-11/h10-12H,4-9,13H2,1-3H3. The highest BCUT2D eigenvalue weighted by atomic mass is 16.5. The van der Waals surface area contributed by atoms with E-state index in [1.54, 1.807) is 7.11 Å². The Morgan fingerprint density at radius 1 is 1.40 bits per heavy atom. The van der Waals surface area contributed by atoms with Crippen LogP contribution in [0.25, 0.3) is 0 Å². The summed E-state index contributed by atoms with van der Waals surface area (Å²) in [7, 11) is 1.77. The van der Waals surface area contributed by atoms with Gasteiger partial charge in [-0.2, -0.15) is 0 Å². The van der Waals surface area contributed by atoms with E-state index in [4.69, 9.17) is 10.5 Å². The van der Waals surface area contributed by atoms with Crippen molar-refractivity contribution < 1.29 is 4.74 Å². The van der Waals surface area contributed by atoms with Crippen LogP contribution in [0.2, 0.25) is 0 Å². The predicted octanol–water partition coefficient (Wildman–Crippen LogP) is 1.47. The first kappa shape index (κ1) is 12.9. The van der Waals surface area contributed by atoms with Crippen LogP contribution in [0.4, 0.5) is 0 Å². The fraction of sp³-hybridized carbons (Fsp3) is 1.00. The fourth-order valence-corrected chi connectivity index (χ4v) is 2.38. The molecule has 1 aliphatic rings. The Labute approximate surface area is 94.0 Å². The predicted molar refractivity (Wildman–Crippen MR) is 63.9 cm³/mol. The molecule has 2 atom stereocenters. The third kappa shape index (κ3) is 4.49. The van der Waals surface area contributed by atoms with Gasteiger partial charge in [-0.25, -0.2) is 0 Å². The number of nitrogens with two attached hydrogens (primary N) is 1. The molecule has 0 saturated heterocycles. The normalized spacial score (nSPS) is 26.8. The van der Waals surface area contributed by atoms with Gasteiger partial charge in [-0.15, -0.1) is 0 Å². The van der Waals surface area contributed by atoms with Crippen LogP contribution in [0, 0.1) is 5.92 Å². The molecule has 0 aromatic carbocycles. The smallest absolute Gasteiger partial charge is 0.0589 e. The third-order valence-corrected chi connectivity index (χ3v) is 3.39. The molecule has 0 amide bonds. The molecule has 1 rings (SSSR count). The van der Waals surface area contributed by atoms with Gasteiger partial charge in [0.2, 0.25) is 0 Å². The summed E-state index contributed by atoms with van der Waals surface area (Å²) in [6, 6.07) is 1.06. The number of methoxy groups -OCH3 is 1. The molecular weight excluding hydrogens is 188 g/mol. The molecular formula is C12H26N2O. The van der Waals surface area contributed by atoms with E-state index in [2.05, 4.69) is 18.7 Å². The van der Waals surface area contributed by atoms with Crippen LogP contribution >= 0.6 is 0 Å². The van der Waals surface area contributed by atoms with Crippen molar-refractivity contribution in [2.24, 2.45) is 11.7 Å². The first-order valence-corrected chi connectivity index (χ1v) is 6.12. The lowest BCUT2D eigenvalue weighted by Crippen LogP contribution is -2.37. The first-order chi connectivity index (χ1) is 7.13. The number of hydrogen-bond donors (Lipinski definition) is 1. The number of nitrogens with zero attached hydrogens (tertiary/aromatic N) is 1. The van der Waals surface area contributed by atoms with Crippen LogP contribution in [-0.4, -0.2) is 43.8 Å². The molecule has 0 bridgehead atoms. The highest BCUT2D eigenvalue weighted by molar-refractivity contribution is 4.80. The number of rotatable bonds is 6. The van der Waals surface area contributed by atoms with Crippen molar-refractivity contribution in [2.75, 3.05) is 26.8 Å². The number of hydrogen-bond acceptors (Lipinski definition) is 3. The van der Waals surface area contributed by atoms with Gasteiger partial charge in [-0.3, -0.25) is 4.90 Å². The minimum absolute atomic E-state index is 0.450. The zero-order chi connectivity index (χ0) is 11.3. The van der Waals surface area contributed by atoms with Gasteiger partial charge in [0, 0.05) is 32.3 Å². The van der Waals surface area contributed by atoms with Gasteiger partial charge in [-0.1, -0.05) is 0 Å². The lowest BCUT2D eigenvalue weighted by atomic mass is 10.1. The second-order valence-corrected chi connectivity index (χ2v) is 5.02. The Morgan fingerprint density at radius 3 is 2.60 bits per heavy atom. The molecule has 0 radical (unpaired) electrons. The van der Waals surface area contributed by atoms with Gasteiger partial charge >= 0.3 is 0 Å². The molecule has 3 heteroatoms. The average Bonchev–Trinajstić information content (AvgIpc) is 2.58. The maximum Gasteiger partial charge on any atom is 0.0589 e. The zero-order valence-corrected chi connectivity index (χ0v) is 10.4. The second-order valence-electron chi connectivity index (χ2n) is 5.02. The minimum atomic E-state index is 0.450. The molecule has 1 saturated carbocycles. The van der Waals surface area contributed by atoms with Crippen LogP contribution in [0.3, 0.4) is 0 Å². The molecule has 0 spiro atoms. The summed E-state index contributed by atoms with van der Waals surface area (Å²) in [5.41, 5.74) is 5.93. The molecule has 0 aromatic rings. The molecule has 1 aliphatic carbocycles.